The van der Waals surface area contributed by atoms with E-state index < -0.39 is 0 Å². The van der Waals surface area contributed by atoms with Gasteiger partial charge in [-0.25, -0.2) is 4.39 Å². The van der Waals surface area contributed by atoms with Crippen LogP contribution in [-0.2, 0) is 0 Å². The van der Waals surface area contributed by atoms with Gasteiger partial charge in [0.25, 0.3) is 0 Å². The van der Waals surface area contributed by atoms with E-state index >= 15 is 0 Å². The topological polar surface area (TPSA) is 20.2 Å². The SMILES string of the molecule is Oc1ccc(F)c2ccsc12. The van der Waals surface area contributed by atoms with E-state index in [2.05, 4.69) is 0 Å². The van der Waals surface area contributed by atoms with E-state index in [1.165, 1.54) is 23.5 Å². The van der Waals surface area contributed by atoms with Crippen molar-refractivity contribution in [3.8, 4) is 5.75 Å². The lowest BCUT2D eigenvalue weighted by molar-refractivity contribution is 0.481. The molecule has 0 atom stereocenters. The number of hydrogen-bond donors (Lipinski definition) is 1. The van der Waals surface area contributed by atoms with Crippen molar-refractivity contribution in [1.29, 1.82) is 0 Å². The summed E-state index contributed by atoms with van der Waals surface area (Å²) in [4.78, 5) is 0. The Kier molecular flexibility index (Phi) is 1.32. The van der Waals surface area contributed by atoms with Crippen LogP contribution in [0, 0.1) is 5.82 Å². The summed E-state index contributed by atoms with van der Waals surface area (Å²) < 4.78 is 13.5. The highest BCUT2D eigenvalue weighted by Gasteiger charge is 2.04. The van der Waals surface area contributed by atoms with Gasteiger partial charge in [-0.05, 0) is 23.6 Å². The standard InChI is InChI=1S/C8H5FOS/c9-6-1-2-7(10)8-5(6)3-4-11-8/h1-4,10H. The monoisotopic (exact) mass is 168 g/mol. The molecule has 0 bridgehead atoms. The molecular formula is C8H5FOS. The molecule has 1 N–H and O–H groups in total. The summed E-state index contributed by atoms with van der Waals surface area (Å²) >= 11 is 1.34. The van der Waals surface area contributed by atoms with Crippen molar-refractivity contribution in [2.45, 2.75) is 0 Å². The molecule has 0 aliphatic carbocycles. The zero-order valence-corrected chi connectivity index (χ0v) is 6.36. The molecule has 56 valence electrons. The molecule has 0 fully saturated rings. The average Bonchev–Trinajstić information content (AvgIpc) is 2.45. The van der Waals surface area contributed by atoms with Gasteiger partial charge in [-0.3, -0.25) is 0 Å². The van der Waals surface area contributed by atoms with Gasteiger partial charge in [0, 0.05) is 5.39 Å². The van der Waals surface area contributed by atoms with Gasteiger partial charge < -0.3 is 5.11 Å². The third-order valence-corrected chi connectivity index (χ3v) is 2.48. The maximum Gasteiger partial charge on any atom is 0.133 e. The third kappa shape index (κ3) is 0.886. The maximum atomic E-state index is 12.9. The number of hydrogen-bond acceptors (Lipinski definition) is 2. The molecule has 11 heavy (non-hydrogen) atoms. The third-order valence-electron chi connectivity index (χ3n) is 1.54. The molecular weight excluding hydrogens is 163 g/mol. The molecule has 0 saturated heterocycles. The van der Waals surface area contributed by atoms with E-state index in [1.54, 1.807) is 11.4 Å². The normalized spacial score (nSPS) is 10.6. The molecule has 0 spiro atoms. The van der Waals surface area contributed by atoms with Gasteiger partial charge in [-0.15, -0.1) is 11.3 Å². The Labute approximate surface area is 66.7 Å². The predicted molar refractivity (Wildman–Crippen MR) is 43.4 cm³/mol. The zero-order chi connectivity index (χ0) is 7.84. The van der Waals surface area contributed by atoms with Crippen molar-refractivity contribution < 1.29 is 9.50 Å². The largest absolute Gasteiger partial charge is 0.506 e. The first-order valence-corrected chi connectivity index (χ1v) is 4.01. The number of rotatable bonds is 0. The summed E-state index contributed by atoms with van der Waals surface area (Å²) in [5.74, 6) is -0.129. The van der Waals surface area contributed by atoms with Crippen LogP contribution in [0.3, 0.4) is 0 Å². The lowest BCUT2D eigenvalue weighted by Crippen LogP contribution is -1.72. The number of phenolic OH excluding ortho intramolecular Hbond substituents is 1. The van der Waals surface area contributed by atoms with E-state index in [0.717, 1.165) is 0 Å². The van der Waals surface area contributed by atoms with Gasteiger partial charge in [0.1, 0.15) is 11.6 Å². The highest BCUT2D eigenvalue weighted by molar-refractivity contribution is 7.17. The molecule has 2 aromatic rings. The van der Waals surface area contributed by atoms with Gasteiger partial charge in [-0.1, -0.05) is 0 Å². The predicted octanol–water partition coefficient (Wildman–Crippen LogP) is 2.75. The minimum atomic E-state index is -0.279. The first-order chi connectivity index (χ1) is 5.29. The van der Waals surface area contributed by atoms with Crippen LogP contribution in [0.1, 0.15) is 0 Å². The first-order valence-electron chi connectivity index (χ1n) is 3.14. The Morgan fingerprint density at radius 1 is 1.27 bits per heavy atom. The van der Waals surface area contributed by atoms with Crippen LogP contribution in [0.2, 0.25) is 0 Å². The van der Waals surface area contributed by atoms with Crippen LogP contribution in [0.5, 0.6) is 5.75 Å². The number of phenols is 1. The van der Waals surface area contributed by atoms with E-state index in [4.69, 9.17) is 0 Å². The molecule has 1 aromatic carbocycles. The van der Waals surface area contributed by atoms with Crippen molar-refractivity contribution in [2.75, 3.05) is 0 Å². The molecule has 1 aromatic heterocycles. The quantitative estimate of drug-likeness (QED) is 0.641. The molecule has 0 aliphatic rings. The van der Waals surface area contributed by atoms with E-state index in [1.807, 2.05) is 0 Å². The van der Waals surface area contributed by atoms with Crippen molar-refractivity contribution in [3.63, 3.8) is 0 Å². The second kappa shape index (κ2) is 2.20. The van der Waals surface area contributed by atoms with E-state index in [9.17, 15) is 9.50 Å². The first kappa shape index (κ1) is 6.61. The van der Waals surface area contributed by atoms with Gasteiger partial charge in [0.2, 0.25) is 0 Å². The van der Waals surface area contributed by atoms with Crippen LogP contribution in [0.4, 0.5) is 4.39 Å². The minimum absolute atomic E-state index is 0.149. The Morgan fingerprint density at radius 2 is 2.09 bits per heavy atom. The van der Waals surface area contributed by atoms with Crippen LogP contribution in [-0.4, -0.2) is 5.11 Å². The van der Waals surface area contributed by atoms with Gasteiger partial charge >= 0.3 is 0 Å². The van der Waals surface area contributed by atoms with Crippen LogP contribution in [0.25, 0.3) is 10.1 Å². The van der Waals surface area contributed by atoms with Crippen molar-refractivity contribution in [3.05, 3.63) is 29.4 Å². The molecule has 0 aliphatic heterocycles. The Morgan fingerprint density at radius 3 is 2.82 bits per heavy atom. The number of aromatic hydroxyl groups is 1. The Hall–Kier alpha value is -1.09. The lowest BCUT2D eigenvalue weighted by Gasteiger charge is -1.93. The molecule has 2 rings (SSSR count). The lowest BCUT2D eigenvalue weighted by atomic mass is 10.2. The zero-order valence-electron chi connectivity index (χ0n) is 5.54. The number of halogens is 1. The average molecular weight is 168 g/mol. The summed E-state index contributed by atoms with van der Waals surface area (Å²) in [6.07, 6.45) is 0. The number of fused-ring (bicyclic) bond motifs is 1. The molecule has 0 amide bonds. The van der Waals surface area contributed by atoms with Crippen LogP contribution < -0.4 is 0 Å². The summed E-state index contributed by atoms with van der Waals surface area (Å²) in [5.41, 5.74) is 0. The van der Waals surface area contributed by atoms with Crippen molar-refractivity contribution in [2.24, 2.45) is 0 Å². The minimum Gasteiger partial charge on any atom is -0.506 e. The number of thiophene rings is 1. The molecule has 0 saturated carbocycles. The van der Waals surface area contributed by atoms with E-state index in [0.29, 0.717) is 10.1 Å². The summed E-state index contributed by atoms with van der Waals surface area (Å²) in [5, 5.41) is 11.5. The van der Waals surface area contributed by atoms with Crippen LogP contribution in [0.15, 0.2) is 23.6 Å². The van der Waals surface area contributed by atoms with Gasteiger partial charge in [-0.2, -0.15) is 0 Å². The highest BCUT2D eigenvalue weighted by Crippen LogP contribution is 2.31. The fraction of sp³-hybridized carbons (Fsp3) is 0. The summed E-state index contributed by atoms with van der Waals surface area (Å²) in [6.45, 7) is 0. The smallest absolute Gasteiger partial charge is 0.133 e. The molecule has 1 nitrogen and oxygen atoms in total. The second-order valence-electron chi connectivity index (χ2n) is 2.23. The Bertz CT molecular complexity index is 358. The molecule has 1 heterocycles. The van der Waals surface area contributed by atoms with Gasteiger partial charge in [0.15, 0.2) is 0 Å². The van der Waals surface area contributed by atoms with Gasteiger partial charge in [0.05, 0.1) is 4.70 Å². The number of benzene rings is 1. The van der Waals surface area contributed by atoms with Crippen molar-refractivity contribution in [1.82, 2.24) is 0 Å². The van der Waals surface area contributed by atoms with Crippen molar-refractivity contribution >= 4 is 21.4 Å². The summed E-state index contributed by atoms with van der Waals surface area (Å²) in [6, 6.07) is 4.30. The second-order valence-corrected chi connectivity index (χ2v) is 3.15. The van der Waals surface area contributed by atoms with Crippen LogP contribution >= 0.6 is 11.3 Å². The highest BCUT2D eigenvalue weighted by atomic mass is 32.1. The Balaban J connectivity index is 2.96. The maximum absolute atomic E-state index is 12.9. The fourth-order valence-corrected chi connectivity index (χ4v) is 1.83. The van der Waals surface area contributed by atoms with E-state index in [-0.39, 0.29) is 11.6 Å². The molecule has 0 unspecified atom stereocenters. The fourth-order valence-electron chi connectivity index (χ4n) is 1.01. The summed E-state index contributed by atoms with van der Waals surface area (Å²) in [7, 11) is 0. The molecule has 3 heteroatoms. The molecule has 0 radical (unpaired) electrons.